The molecule has 1 aromatic rings. The maximum Gasteiger partial charge on any atom is 0.407 e. The van der Waals surface area contributed by atoms with Gasteiger partial charge in [0.25, 0.3) is 0 Å². The summed E-state index contributed by atoms with van der Waals surface area (Å²) < 4.78 is 5.28. The molecule has 1 aromatic heterocycles. The Labute approximate surface area is 124 Å². The molecule has 1 atom stereocenters. The van der Waals surface area contributed by atoms with Gasteiger partial charge >= 0.3 is 6.09 Å². The molecular weight excluding hydrogens is 270 g/mol. The standard InChI is InChI=1S/C14H23N5O2/c1-14(2,3)21-13(20)18-11-5-4-6-19(9-11)12-16-7-10(15)8-17-12/h7-8,11H,4-6,9,15H2,1-3H3,(H,18,20). The smallest absolute Gasteiger partial charge is 0.407 e. The molecule has 1 amide bonds. The van der Waals surface area contributed by atoms with E-state index in [1.807, 2.05) is 25.7 Å². The minimum Gasteiger partial charge on any atom is -0.444 e. The first-order valence-electron chi connectivity index (χ1n) is 7.15. The van der Waals surface area contributed by atoms with Crippen LogP contribution in [0.3, 0.4) is 0 Å². The van der Waals surface area contributed by atoms with Crippen LogP contribution < -0.4 is 16.0 Å². The third-order valence-electron chi connectivity index (χ3n) is 3.08. The second-order valence-electron chi connectivity index (χ2n) is 6.25. The van der Waals surface area contributed by atoms with Crippen molar-refractivity contribution in [2.75, 3.05) is 23.7 Å². The monoisotopic (exact) mass is 293 g/mol. The van der Waals surface area contributed by atoms with Crippen molar-refractivity contribution >= 4 is 17.7 Å². The number of amides is 1. The lowest BCUT2D eigenvalue weighted by Crippen LogP contribution is -2.49. The van der Waals surface area contributed by atoms with Gasteiger partial charge < -0.3 is 20.7 Å². The molecule has 7 nitrogen and oxygen atoms in total. The van der Waals surface area contributed by atoms with Crippen LogP contribution in [0.5, 0.6) is 0 Å². The fourth-order valence-corrected chi connectivity index (χ4v) is 2.25. The second kappa shape index (κ2) is 6.15. The number of nitrogens with zero attached hydrogens (tertiary/aromatic N) is 3. The zero-order valence-corrected chi connectivity index (χ0v) is 12.8. The van der Waals surface area contributed by atoms with Crippen LogP contribution in [0, 0.1) is 0 Å². The summed E-state index contributed by atoms with van der Waals surface area (Å²) >= 11 is 0. The van der Waals surface area contributed by atoms with Gasteiger partial charge in [-0.05, 0) is 33.6 Å². The van der Waals surface area contributed by atoms with Crippen molar-refractivity contribution in [1.82, 2.24) is 15.3 Å². The van der Waals surface area contributed by atoms with Crippen LogP contribution in [0.25, 0.3) is 0 Å². The van der Waals surface area contributed by atoms with E-state index < -0.39 is 5.60 Å². The Balaban J connectivity index is 1.91. The number of hydrogen-bond donors (Lipinski definition) is 2. The summed E-state index contributed by atoms with van der Waals surface area (Å²) in [5.41, 5.74) is 5.64. The Bertz CT molecular complexity index is 483. The Morgan fingerprint density at radius 2 is 2.10 bits per heavy atom. The number of carbonyl (C=O) groups is 1. The lowest BCUT2D eigenvalue weighted by Gasteiger charge is -2.33. The molecule has 0 radical (unpaired) electrons. The molecule has 0 spiro atoms. The van der Waals surface area contributed by atoms with Crippen LogP contribution in [0.4, 0.5) is 16.4 Å². The minimum atomic E-state index is -0.488. The van der Waals surface area contributed by atoms with Crippen molar-refractivity contribution in [3.8, 4) is 0 Å². The Hall–Kier alpha value is -2.05. The van der Waals surface area contributed by atoms with Gasteiger partial charge in [-0.1, -0.05) is 0 Å². The summed E-state index contributed by atoms with van der Waals surface area (Å²) in [4.78, 5) is 22.3. The van der Waals surface area contributed by atoms with E-state index in [1.54, 1.807) is 12.4 Å². The predicted octanol–water partition coefficient (Wildman–Crippen LogP) is 1.55. The molecular formula is C14H23N5O2. The molecule has 0 aliphatic carbocycles. The summed E-state index contributed by atoms with van der Waals surface area (Å²) in [6, 6.07) is 0.0368. The molecule has 1 aliphatic heterocycles. The summed E-state index contributed by atoms with van der Waals surface area (Å²) in [6.07, 6.45) is 4.69. The Kier molecular flexibility index (Phi) is 4.50. The number of piperidine rings is 1. The van der Waals surface area contributed by atoms with Crippen molar-refractivity contribution in [3.05, 3.63) is 12.4 Å². The van der Waals surface area contributed by atoms with Gasteiger partial charge in [0, 0.05) is 19.1 Å². The average molecular weight is 293 g/mol. The van der Waals surface area contributed by atoms with Crippen molar-refractivity contribution in [3.63, 3.8) is 0 Å². The van der Waals surface area contributed by atoms with E-state index in [2.05, 4.69) is 15.3 Å². The van der Waals surface area contributed by atoms with Gasteiger partial charge in [0.15, 0.2) is 0 Å². The van der Waals surface area contributed by atoms with Crippen LogP contribution in [0.2, 0.25) is 0 Å². The number of aromatic nitrogens is 2. The average Bonchev–Trinajstić information content (AvgIpc) is 2.37. The van der Waals surface area contributed by atoms with Crippen LogP contribution in [-0.4, -0.2) is 40.8 Å². The molecule has 21 heavy (non-hydrogen) atoms. The number of nitrogens with two attached hydrogens (primary N) is 1. The van der Waals surface area contributed by atoms with Gasteiger partial charge in [-0.25, -0.2) is 14.8 Å². The van der Waals surface area contributed by atoms with E-state index in [0.29, 0.717) is 18.2 Å². The molecule has 1 aliphatic rings. The van der Waals surface area contributed by atoms with E-state index in [1.165, 1.54) is 0 Å². The third kappa shape index (κ3) is 4.77. The number of rotatable bonds is 2. The minimum absolute atomic E-state index is 0.0368. The summed E-state index contributed by atoms with van der Waals surface area (Å²) in [6.45, 7) is 7.09. The summed E-state index contributed by atoms with van der Waals surface area (Å²) in [5, 5.41) is 2.90. The Morgan fingerprint density at radius 1 is 1.43 bits per heavy atom. The Morgan fingerprint density at radius 3 is 2.71 bits per heavy atom. The summed E-state index contributed by atoms with van der Waals surface area (Å²) in [7, 11) is 0. The maximum atomic E-state index is 11.8. The molecule has 1 saturated heterocycles. The molecule has 0 aromatic carbocycles. The number of alkyl carbamates (subject to hydrolysis) is 1. The van der Waals surface area contributed by atoms with E-state index in [0.717, 1.165) is 19.4 Å². The molecule has 2 heterocycles. The largest absolute Gasteiger partial charge is 0.444 e. The van der Waals surface area contributed by atoms with Crippen molar-refractivity contribution in [1.29, 1.82) is 0 Å². The van der Waals surface area contributed by atoms with Crippen molar-refractivity contribution < 1.29 is 9.53 Å². The highest BCUT2D eigenvalue weighted by Crippen LogP contribution is 2.16. The molecule has 0 saturated carbocycles. The lowest BCUT2D eigenvalue weighted by atomic mass is 10.1. The SMILES string of the molecule is CC(C)(C)OC(=O)NC1CCCN(c2ncc(N)cn2)C1. The highest BCUT2D eigenvalue weighted by molar-refractivity contribution is 5.68. The fourth-order valence-electron chi connectivity index (χ4n) is 2.25. The van der Waals surface area contributed by atoms with E-state index >= 15 is 0 Å². The number of nitrogen functional groups attached to an aromatic ring is 1. The number of nitrogens with one attached hydrogen (secondary N) is 1. The lowest BCUT2D eigenvalue weighted by molar-refractivity contribution is 0.0500. The van der Waals surface area contributed by atoms with Crippen LogP contribution in [0.1, 0.15) is 33.6 Å². The van der Waals surface area contributed by atoms with Gasteiger partial charge in [0.1, 0.15) is 5.60 Å². The molecule has 1 fully saturated rings. The molecule has 3 N–H and O–H groups in total. The first-order valence-corrected chi connectivity index (χ1v) is 7.15. The highest BCUT2D eigenvalue weighted by Gasteiger charge is 2.25. The molecule has 116 valence electrons. The highest BCUT2D eigenvalue weighted by atomic mass is 16.6. The second-order valence-corrected chi connectivity index (χ2v) is 6.25. The summed E-state index contributed by atoms with van der Waals surface area (Å²) in [5.74, 6) is 0.639. The number of ether oxygens (including phenoxy) is 1. The van der Waals surface area contributed by atoms with Crippen LogP contribution in [0.15, 0.2) is 12.4 Å². The first-order chi connectivity index (χ1) is 9.83. The zero-order chi connectivity index (χ0) is 15.5. The molecule has 0 bridgehead atoms. The van der Waals surface area contributed by atoms with Crippen LogP contribution >= 0.6 is 0 Å². The van der Waals surface area contributed by atoms with E-state index in [-0.39, 0.29) is 12.1 Å². The van der Waals surface area contributed by atoms with Gasteiger partial charge in [0.05, 0.1) is 18.1 Å². The number of anilines is 2. The molecule has 7 heteroatoms. The number of carbonyl (C=O) groups excluding carboxylic acids is 1. The quantitative estimate of drug-likeness (QED) is 0.859. The normalized spacial score (nSPS) is 19.2. The van der Waals surface area contributed by atoms with E-state index in [4.69, 9.17) is 10.5 Å². The van der Waals surface area contributed by atoms with Gasteiger partial charge in [0.2, 0.25) is 5.95 Å². The first kappa shape index (κ1) is 15.3. The van der Waals surface area contributed by atoms with Gasteiger partial charge in [-0.15, -0.1) is 0 Å². The zero-order valence-electron chi connectivity index (χ0n) is 12.8. The van der Waals surface area contributed by atoms with Crippen LogP contribution in [-0.2, 0) is 4.74 Å². The molecule has 2 rings (SSSR count). The van der Waals surface area contributed by atoms with Gasteiger partial charge in [-0.2, -0.15) is 0 Å². The third-order valence-corrected chi connectivity index (χ3v) is 3.08. The van der Waals surface area contributed by atoms with Gasteiger partial charge in [-0.3, -0.25) is 0 Å². The van der Waals surface area contributed by atoms with E-state index in [9.17, 15) is 4.79 Å². The fraction of sp³-hybridized carbons (Fsp3) is 0.643. The van der Waals surface area contributed by atoms with Crippen molar-refractivity contribution in [2.45, 2.75) is 45.3 Å². The molecule has 1 unspecified atom stereocenters. The predicted molar refractivity (Wildman–Crippen MR) is 81.0 cm³/mol. The van der Waals surface area contributed by atoms with Crippen molar-refractivity contribution in [2.24, 2.45) is 0 Å². The maximum absolute atomic E-state index is 11.8. The number of hydrogen-bond acceptors (Lipinski definition) is 6. The topological polar surface area (TPSA) is 93.4 Å².